The summed E-state index contributed by atoms with van der Waals surface area (Å²) in [5.41, 5.74) is 0.373. The Morgan fingerprint density at radius 2 is 1.91 bits per heavy atom. The Morgan fingerprint density at radius 1 is 1.27 bits per heavy atom. The van der Waals surface area contributed by atoms with E-state index < -0.39 is 9.84 Å². The van der Waals surface area contributed by atoms with Crippen molar-refractivity contribution in [2.75, 3.05) is 29.5 Å². The summed E-state index contributed by atoms with van der Waals surface area (Å²) in [6, 6.07) is 1.66. The maximum Gasteiger partial charge on any atom is 0.274 e. The zero-order chi connectivity index (χ0) is 16.1. The van der Waals surface area contributed by atoms with Gasteiger partial charge in [-0.2, -0.15) is 5.10 Å². The highest BCUT2D eigenvalue weighted by atomic mass is 35.5. The van der Waals surface area contributed by atoms with E-state index in [1.165, 1.54) is 4.68 Å². The van der Waals surface area contributed by atoms with Gasteiger partial charge in [-0.1, -0.05) is 11.6 Å². The number of hydrogen-bond donors (Lipinski definition) is 0. The molecule has 1 saturated heterocycles. The zero-order valence-corrected chi connectivity index (χ0v) is 13.8. The molecule has 3 heterocycles. The highest BCUT2D eigenvalue weighted by Gasteiger charge is 2.24. The van der Waals surface area contributed by atoms with Crippen LogP contribution in [0.25, 0.3) is 10.8 Å². The monoisotopic (exact) mass is 342 g/mol. The Morgan fingerprint density at radius 3 is 2.55 bits per heavy atom. The summed E-state index contributed by atoms with van der Waals surface area (Å²) in [5.74, 6) is 0.685. The smallest absolute Gasteiger partial charge is 0.274 e. The van der Waals surface area contributed by atoms with Gasteiger partial charge in [0.25, 0.3) is 5.56 Å². The molecule has 7 nitrogen and oxygen atoms in total. The molecule has 0 aliphatic carbocycles. The van der Waals surface area contributed by atoms with E-state index in [9.17, 15) is 13.2 Å². The third-order valence-corrected chi connectivity index (χ3v) is 5.70. The minimum atomic E-state index is -2.98. The maximum absolute atomic E-state index is 12.3. The number of aromatic nitrogens is 3. The minimum Gasteiger partial charge on any atom is -0.355 e. The first-order valence-corrected chi connectivity index (χ1v) is 8.98. The Labute approximate surface area is 132 Å². The quantitative estimate of drug-likeness (QED) is 0.703. The summed E-state index contributed by atoms with van der Waals surface area (Å²) in [4.78, 5) is 18.4. The van der Waals surface area contributed by atoms with E-state index >= 15 is 0 Å². The number of anilines is 1. The fraction of sp³-hybridized carbons (Fsp3) is 0.462. The number of pyridine rings is 1. The van der Waals surface area contributed by atoms with Gasteiger partial charge in [-0.3, -0.25) is 4.79 Å². The molecule has 3 rings (SSSR count). The zero-order valence-electron chi connectivity index (χ0n) is 12.2. The summed E-state index contributed by atoms with van der Waals surface area (Å²) >= 11 is 6.22. The fourth-order valence-corrected chi connectivity index (χ4v) is 4.14. The molecule has 0 N–H and O–H groups in total. The van der Waals surface area contributed by atoms with Crippen molar-refractivity contribution in [2.24, 2.45) is 7.05 Å². The lowest BCUT2D eigenvalue weighted by molar-refractivity contribution is 0.586. The molecule has 0 radical (unpaired) electrons. The Hall–Kier alpha value is -1.67. The van der Waals surface area contributed by atoms with Crippen LogP contribution in [0.15, 0.2) is 10.9 Å². The summed E-state index contributed by atoms with van der Waals surface area (Å²) in [7, 11) is -1.40. The van der Waals surface area contributed by atoms with E-state index in [-0.39, 0.29) is 22.2 Å². The molecule has 0 unspecified atom stereocenters. The van der Waals surface area contributed by atoms with Gasteiger partial charge in [-0.15, -0.1) is 0 Å². The molecule has 9 heteroatoms. The van der Waals surface area contributed by atoms with E-state index in [1.54, 1.807) is 20.0 Å². The van der Waals surface area contributed by atoms with Crippen LogP contribution < -0.4 is 10.5 Å². The van der Waals surface area contributed by atoms with Gasteiger partial charge in [0, 0.05) is 25.5 Å². The van der Waals surface area contributed by atoms with Crippen molar-refractivity contribution >= 4 is 38.0 Å². The molecule has 1 aliphatic heterocycles. The standard InChI is InChI=1S/C13H15ClN4O3S/c1-8-11-9(13(19)17(2)16-8)7-10(15-12(11)14)18-3-5-22(20,21)6-4-18/h7H,3-6H2,1-2H3. The van der Waals surface area contributed by atoms with E-state index in [0.717, 1.165) is 0 Å². The average Bonchev–Trinajstić information content (AvgIpc) is 2.44. The second kappa shape index (κ2) is 5.20. The second-order valence-electron chi connectivity index (χ2n) is 5.35. The lowest BCUT2D eigenvalue weighted by atomic mass is 10.2. The predicted molar refractivity (Wildman–Crippen MR) is 85.4 cm³/mol. The van der Waals surface area contributed by atoms with Crippen molar-refractivity contribution in [3.05, 3.63) is 27.3 Å². The van der Waals surface area contributed by atoms with Crippen LogP contribution in [0.5, 0.6) is 0 Å². The maximum atomic E-state index is 12.3. The predicted octanol–water partition coefficient (Wildman–Crippen LogP) is 0.525. The molecule has 0 atom stereocenters. The van der Waals surface area contributed by atoms with Gasteiger partial charge in [0.05, 0.1) is 22.6 Å². The van der Waals surface area contributed by atoms with Crippen LogP contribution in [0, 0.1) is 6.92 Å². The van der Waals surface area contributed by atoms with Crippen LogP contribution in [0.3, 0.4) is 0 Å². The molecule has 22 heavy (non-hydrogen) atoms. The van der Waals surface area contributed by atoms with Crippen LogP contribution in [-0.2, 0) is 16.9 Å². The molecule has 118 valence electrons. The molecule has 0 amide bonds. The first-order valence-electron chi connectivity index (χ1n) is 6.78. The Bertz CT molecular complexity index is 909. The topological polar surface area (TPSA) is 85.2 Å². The van der Waals surface area contributed by atoms with Crippen molar-refractivity contribution < 1.29 is 8.42 Å². The van der Waals surface area contributed by atoms with Crippen LogP contribution in [-0.4, -0.2) is 47.8 Å². The van der Waals surface area contributed by atoms with Crippen molar-refractivity contribution in [3.63, 3.8) is 0 Å². The van der Waals surface area contributed by atoms with Gasteiger partial charge in [-0.05, 0) is 13.0 Å². The van der Waals surface area contributed by atoms with Gasteiger partial charge in [0.15, 0.2) is 9.84 Å². The van der Waals surface area contributed by atoms with Gasteiger partial charge < -0.3 is 4.90 Å². The lowest BCUT2D eigenvalue weighted by Crippen LogP contribution is -2.40. The molecular weight excluding hydrogens is 328 g/mol. The van der Waals surface area contributed by atoms with Crippen molar-refractivity contribution in [3.8, 4) is 0 Å². The number of sulfone groups is 1. The molecule has 0 bridgehead atoms. The number of rotatable bonds is 1. The Kier molecular flexibility index (Phi) is 3.60. The molecule has 0 saturated carbocycles. The lowest BCUT2D eigenvalue weighted by Gasteiger charge is -2.28. The first kappa shape index (κ1) is 15.2. The van der Waals surface area contributed by atoms with E-state index in [2.05, 4.69) is 10.1 Å². The largest absolute Gasteiger partial charge is 0.355 e. The molecule has 0 aromatic carbocycles. The van der Waals surface area contributed by atoms with Crippen molar-refractivity contribution in [1.29, 1.82) is 0 Å². The molecule has 2 aromatic heterocycles. The van der Waals surface area contributed by atoms with Crippen molar-refractivity contribution in [1.82, 2.24) is 14.8 Å². The van der Waals surface area contributed by atoms with E-state index in [4.69, 9.17) is 11.6 Å². The van der Waals surface area contributed by atoms with Gasteiger partial charge in [0.1, 0.15) is 11.0 Å². The molecule has 2 aromatic rings. The SMILES string of the molecule is Cc1nn(C)c(=O)c2cc(N3CCS(=O)(=O)CC3)nc(Cl)c12. The molecule has 0 spiro atoms. The van der Waals surface area contributed by atoms with Crippen LogP contribution >= 0.6 is 11.6 Å². The average molecular weight is 343 g/mol. The highest BCUT2D eigenvalue weighted by Crippen LogP contribution is 2.26. The first-order chi connectivity index (χ1) is 10.3. The van der Waals surface area contributed by atoms with E-state index in [1.807, 2.05) is 4.90 Å². The summed E-state index contributed by atoms with van der Waals surface area (Å²) in [5, 5.41) is 5.30. The fourth-order valence-electron chi connectivity index (χ4n) is 2.61. The summed E-state index contributed by atoms with van der Waals surface area (Å²) < 4.78 is 24.3. The van der Waals surface area contributed by atoms with Gasteiger partial charge >= 0.3 is 0 Å². The minimum absolute atomic E-state index is 0.0811. The third-order valence-electron chi connectivity index (χ3n) is 3.82. The number of halogens is 1. The van der Waals surface area contributed by atoms with Crippen LogP contribution in [0.2, 0.25) is 5.15 Å². The molecule has 1 fully saturated rings. The normalized spacial score (nSPS) is 17.9. The van der Waals surface area contributed by atoms with Gasteiger partial charge in [0.2, 0.25) is 0 Å². The number of fused-ring (bicyclic) bond motifs is 1. The number of nitrogens with zero attached hydrogens (tertiary/aromatic N) is 4. The Balaban J connectivity index is 2.14. The van der Waals surface area contributed by atoms with Crippen LogP contribution in [0.4, 0.5) is 5.82 Å². The van der Waals surface area contributed by atoms with Crippen molar-refractivity contribution in [2.45, 2.75) is 6.92 Å². The third kappa shape index (κ3) is 2.56. The number of hydrogen-bond acceptors (Lipinski definition) is 6. The number of aryl methyl sites for hydroxylation is 2. The summed E-state index contributed by atoms with van der Waals surface area (Å²) in [6.07, 6.45) is 0. The molecular formula is C13H15ClN4O3S. The second-order valence-corrected chi connectivity index (χ2v) is 8.01. The van der Waals surface area contributed by atoms with E-state index in [0.29, 0.717) is 35.4 Å². The van der Waals surface area contributed by atoms with Gasteiger partial charge in [-0.25, -0.2) is 18.1 Å². The summed E-state index contributed by atoms with van der Waals surface area (Å²) in [6.45, 7) is 2.46. The highest BCUT2D eigenvalue weighted by molar-refractivity contribution is 7.91. The molecule has 1 aliphatic rings. The van der Waals surface area contributed by atoms with Crippen LogP contribution in [0.1, 0.15) is 5.69 Å².